The van der Waals surface area contributed by atoms with Crippen LogP contribution in [0, 0.1) is 5.82 Å². The Kier molecular flexibility index (Phi) is 5.49. The van der Waals surface area contributed by atoms with E-state index in [0.717, 1.165) is 6.07 Å². The standard InChI is InChI=1S/C17H14F4N2O3/c1-22-16(25)11-8-10(26-2)4-6-14(11)23-15(24)9-3-5-13(18)12(7-9)17(19,20)21/h3-8H,1-2H3,(H,22,25)(H,23,24). The highest BCUT2D eigenvalue weighted by molar-refractivity contribution is 6.09. The molecule has 0 aliphatic rings. The van der Waals surface area contributed by atoms with Crippen LogP contribution in [-0.2, 0) is 6.18 Å². The second-order valence-electron chi connectivity index (χ2n) is 5.14. The molecule has 0 saturated heterocycles. The highest BCUT2D eigenvalue weighted by Gasteiger charge is 2.34. The summed E-state index contributed by atoms with van der Waals surface area (Å²) in [6.07, 6.45) is -4.94. The summed E-state index contributed by atoms with van der Waals surface area (Å²) in [6, 6.07) is 6.09. The van der Waals surface area contributed by atoms with Crippen molar-refractivity contribution in [2.45, 2.75) is 6.18 Å². The smallest absolute Gasteiger partial charge is 0.419 e. The van der Waals surface area contributed by atoms with Crippen molar-refractivity contribution in [2.75, 3.05) is 19.5 Å². The van der Waals surface area contributed by atoms with E-state index in [2.05, 4.69) is 10.6 Å². The summed E-state index contributed by atoms with van der Waals surface area (Å²) in [6.45, 7) is 0. The van der Waals surface area contributed by atoms with E-state index in [1.165, 1.54) is 32.4 Å². The van der Waals surface area contributed by atoms with Crippen LogP contribution >= 0.6 is 0 Å². The first-order chi connectivity index (χ1) is 12.2. The second kappa shape index (κ2) is 7.42. The normalized spacial score (nSPS) is 11.0. The van der Waals surface area contributed by atoms with Crippen molar-refractivity contribution in [3.05, 3.63) is 58.9 Å². The number of carbonyl (C=O) groups excluding carboxylic acids is 2. The van der Waals surface area contributed by atoms with Gasteiger partial charge in [0.1, 0.15) is 11.6 Å². The maximum atomic E-state index is 13.3. The zero-order chi connectivity index (χ0) is 19.5. The topological polar surface area (TPSA) is 67.4 Å². The number of anilines is 1. The van der Waals surface area contributed by atoms with Gasteiger partial charge in [0.15, 0.2) is 0 Å². The van der Waals surface area contributed by atoms with Crippen LogP contribution in [0.15, 0.2) is 36.4 Å². The molecule has 5 nitrogen and oxygen atoms in total. The quantitative estimate of drug-likeness (QED) is 0.810. The first-order valence-electron chi connectivity index (χ1n) is 7.25. The lowest BCUT2D eigenvalue weighted by Gasteiger charge is -2.13. The third-order valence-electron chi connectivity index (χ3n) is 3.48. The minimum Gasteiger partial charge on any atom is -0.497 e. The van der Waals surface area contributed by atoms with Gasteiger partial charge < -0.3 is 15.4 Å². The number of methoxy groups -OCH3 is 1. The van der Waals surface area contributed by atoms with E-state index in [9.17, 15) is 27.2 Å². The van der Waals surface area contributed by atoms with Crippen LogP contribution in [0.5, 0.6) is 5.75 Å². The lowest BCUT2D eigenvalue weighted by Crippen LogP contribution is -2.22. The molecule has 2 N–H and O–H groups in total. The van der Waals surface area contributed by atoms with Crippen molar-refractivity contribution in [1.29, 1.82) is 0 Å². The van der Waals surface area contributed by atoms with Gasteiger partial charge >= 0.3 is 6.18 Å². The highest BCUT2D eigenvalue weighted by Crippen LogP contribution is 2.32. The SMILES string of the molecule is CNC(=O)c1cc(OC)ccc1NC(=O)c1ccc(F)c(C(F)(F)F)c1. The van der Waals surface area contributed by atoms with Crippen LogP contribution in [0.4, 0.5) is 23.2 Å². The Morgan fingerprint density at radius 1 is 1.04 bits per heavy atom. The predicted molar refractivity (Wildman–Crippen MR) is 85.7 cm³/mol. The van der Waals surface area contributed by atoms with E-state index in [1.54, 1.807) is 0 Å². The highest BCUT2D eigenvalue weighted by atomic mass is 19.4. The Morgan fingerprint density at radius 3 is 2.31 bits per heavy atom. The molecule has 2 amide bonds. The number of hydrogen-bond donors (Lipinski definition) is 2. The summed E-state index contributed by atoms with van der Waals surface area (Å²) in [4.78, 5) is 24.2. The van der Waals surface area contributed by atoms with Crippen LogP contribution in [0.25, 0.3) is 0 Å². The van der Waals surface area contributed by atoms with E-state index < -0.39 is 34.9 Å². The molecule has 0 heterocycles. The van der Waals surface area contributed by atoms with Gasteiger partial charge in [-0.15, -0.1) is 0 Å². The van der Waals surface area contributed by atoms with Crippen LogP contribution in [0.3, 0.4) is 0 Å². The maximum Gasteiger partial charge on any atom is 0.419 e. The molecule has 26 heavy (non-hydrogen) atoms. The van der Waals surface area contributed by atoms with Crippen LogP contribution < -0.4 is 15.4 Å². The van der Waals surface area contributed by atoms with Gasteiger partial charge in [0.05, 0.1) is 23.9 Å². The van der Waals surface area contributed by atoms with Gasteiger partial charge in [0, 0.05) is 12.6 Å². The van der Waals surface area contributed by atoms with Crippen LogP contribution in [-0.4, -0.2) is 26.0 Å². The molecule has 0 radical (unpaired) electrons. The van der Waals surface area contributed by atoms with Crippen LogP contribution in [0.1, 0.15) is 26.3 Å². The fourth-order valence-corrected chi connectivity index (χ4v) is 2.16. The molecule has 9 heteroatoms. The Morgan fingerprint density at radius 2 is 1.73 bits per heavy atom. The van der Waals surface area contributed by atoms with Gasteiger partial charge in [-0.25, -0.2) is 4.39 Å². The Balaban J connectivity index is 2.38. The zero-order valence-corrected chi connectivity index (χ0v) is 13.7. The average Bonchev–Trinajstić information content (AvgIpc) is 2.60. The summed E-state index contributed by atoms with van der Waals surface area (Å²) in [5.41, 5.74) is -1.84. The van der Waals surface area contributed by atoms with Crippen molar-refractivity contribution < 1.29 is 31.9 Å². The number of benzene rings is 2. The van der Waals surface area contributed by atoms with Gasteiger partial charge in [-0.1, -0.05) is 0 Å². The second-order valence-corrected chi connectivity index (χ2v) is 5.14. The number of ether oxygens (including phenoxy) is 1. The van der Waals surface area contributed by atoms with Crippen molar-refractivity contribution in [2.24, 2.45) is 0 Å². The first kappa shape index (κ1) is 19.2. The third kappa shape index (κ3) is 4.11. The molecule has 0 aliphatic heterocycles. The van der Waals surface area contributed by atoms with Gasteiger partial charge in [0.2, 0.25) is 0 Å². The number of halogens is 4. The van der Waals surface area contributed by atoms with Crippen molar-refractivity contribution in [3.8, 4) is 5.75 Å². The van der Waals surface area contributed by atoms with E-state index in [1.807, 2.05) is 0 Å². The van der Waals surface area contributed by atoms with E-state index in [0.29, 0.717) is 17.9 Å². The number of alkyl halides is 3. The molecule has 0 aromatic heterocycles. The number of hydrogen-bond acceptors (Lipinski definition) is 3. The summed E-state index contributed by atoms with van der Waals surface area (Å²) in [5.74, 6) is -2.59. The molecule has 0 bridgehead atoms. The average molecular weight is 370 g/mol. The predicted octanol–water partition coefficient (Wildman–Crippen LogP) is 3.47. The molecule has 0 spiro atoms. The summed E-state index contributed by atoms with van der Waals surface area (Å²) >= 11 is 0. The first-order valence-corrected chi connectivity index (χ1v) is 7.25. The molecule has 0 fully saturated rings. The van der Waals surface area contributed by atoms with Gasteiger partial charge in [-0.3, -0.25) is 9.59 Å². The Labute approximate surface area is 146 Å². The van der Waals surface area contributed by atoms with Gasteiger partial charge in [-0.05, 0) is 36.4 Å². The molecule has 138 valence electrons. The fraction of sp³-hybridized carbons (Fsp3) is 0.176. The van der Waals surface area contributed by atoms with Gasteiger partial charge in [-0.2, -0.15) is 13.2 Å². The van der Waals surface area contributed by atoms with Crippen molar-refractivity contribution in [1.82, 2.24) is 5.32 Å². The molecule has 2 aromatic rings. The molecule has 0 atom stereocenters. The van der Waals surface area contributed by atoms with Gasteiger partial charge in [0.25, 0.3) is 11.8 Å². The molecule has 0 unspecified atom stereocenters. The Bertz CT molecular complexity index is 850. The lowest BCUT2D eigenvalue weighted by molar-refractivity contribution is -0.140. The Hall–Kier alpha value is -3.10. The van der Waals surface area contributed by atoms with E-state index in [4.69, 9.17) is 4.74 Å². The largest absolute Gasteiger partial charge is 0.497 e. The fourth-order valence-electron chi connectivity index (χ4n) is 2.16. The third-order valence-corrected chi connectivity index (χ3v) is 3.48. The number of rotatable bonds is 4. The number of nitrogens with one attached hydrogen (secondary N) is 2. The monoisotopic (exact) mass is 370 g/mol. The minimum atomic E-state index is -4.94. The molecule has 2 aromatic carbocycles. The number of amides is 2. The summed E-state index contributed by atoms with van der Waals surface area (Å²) in [5, 5.41) is 4.72. The molecule has 2 rings (SSSR count). The van der Waals surface area contributed by atoms with E-state index >= 15 is 0 Å². The molecule has 0 aliphatic carbocycles. The summed E-state index contributed by atoms with van der Waals surface area (Å²) < 4.78 is 56.7. The molecular formula is C17H14F4N2O3. The minimum absolute atomic E-state index is 0.0540. The molecular weight excluding hydrogens is 356 g/mol. The van der Waals surface area contributed by atoms with Crippen LogP contribution in [0.2, 0.25) is 0 Å². The van der Waals surface area contributed by atoms with Crippen molar-refractivity contribution >= 4 is 17.5 Å². The lowest BCUT2D eigenvalue weighted by atomic mass is 10.1. The summed E-state index contributed by atoms with van der Waals surface area (Å²) in [7, 11) is 2.77. The molecule has 0 saturated carbocycles. The zero-order valence-electron chi connectivity index (χ0n) is 13.7. The van der Waals surface area contributed by atoms with E-state index in [-0.39, 0.29) is 11.3 Å². The number of carbonyl (C=O) groups is 2. The van der Waals surface area contributed by atoms with Crippen molar-refractivity contribution in [3.63, 3.8) is 0 Å². The maximum absolute atomic E-state index is 13.3.